The molecule has 3 aromatic rings. The smallest absolute Gasteiger partial charge is 0.234 e. The van der Waals surface area contributed by atoms with E-state index in [-0.39, 0.29) is 17.4 Å². The van der Waals surface area contributed by atoms with E-state index < -0.39 is 15.8 Å². The molecule has 3 rings (SSSR count). The standard InChI is InChI=1S/C17H16FN3O3S3/c1-2-27(23,24)21-13-6-7-14-15(9-13)26-17(20-14)25-10-16(22)19-12-5-3-4-11(18)8-12/h3-9,21H,2,10H2,1H3,(H,19,22). The second kappa shape index (κ2) is 8.24. The summed E-state index contributed by atoms with van der Waals surface area (Å²) in [6.07, 6.45) is 0. The molecule has 0 aliphatic carbocycles. The number of thioether (sulfide) groups is 1. The molecule has 0 saturated heterocycles. The molecular weight excluding hydrogens is 409 g/mol. The molecule has 142 valence electrons. The monoisotopic (exact) mass is 425 g/mol. The Labute approximate surface area is 164 Å². The summed E-state index contributed by atoms with van der Waals surface area (Å²) < 4.78 is 40.5. The minimum atomic E-state index is -3.34. The number of carbonyl (C=O) groups excluding carboxylic acids is 1. The lowest BCUT2D eigenvalue weighted by atomic mass is 10.3. The fraction of sp³-hybridized carbons (Fsp3) is 0.176. The Hall–Kier alpha value is -2.17. The van der Waals surface area contributed by atoms with E-state index in [1.165, 1.54) is 41.3 Å². The van der Waals surface area contributed by atoms with E-state index in [0.717, 1.165) is 10.2 Å². The van der Waals surface area contributed by atoms with Gasteiger partial charge in [0.1, 0.15) is 5.82 Å². The van der Waals surface area contributed by atoms with Crippen molar-refractivity contribution in [1.29, 1.82) is 0 Å². The number of sulfonamides is 1. The Bertz CT molecular complexity index is 1080. The number of rotatable bonds is 7. The summed E-state index contributed by atoms with van der Waals surface area (Å²) in [5, 5.41) is 2.63. The first kappa shape index (κ1) is 19.6. The number of halogens is 1. The molecule has 0 spiro atoms. The zero-order valence-corrected chi connectivity index (χ0v) is 16.7. The van der Waals surface area contributed by atoms with Gasteiger partial charge in [-0.05, 0) is 43.3 Å². The first-order valence-electron chi connectivity index (χ1n) is 7.94. The normalized spacial score (nSPS) is 11.5. The summed E-state index contributed by atoms with van der Waals surface area (Å²) >= 11 is 2.64. The van der Waals surface area contributed by atoms with Gasteiger partial charge in [-0.1, -0.05) is 17.8 Å². The predicted octanol–water partition coefficient (Wildman–Crippen LogP) is 3.93. The number of aromatic nitrogens is 1. The van der Waals surface area contributed by atoms with E-state index in [9.17, 15) is 17.6 Å². The average molecular weight is 426 g/mol. The quantitative estimate of drug-likeness (QED) is 0.560. The van der Waals surface area contributed by atoms with Crippen molar-refractivity contribution in [2.75, 3.05) is 21.5 Å². The van der Waals surface area contributed by atoms with Crippen LogP contribution in [0, 0.1) is 5.82 Å². The fourth-order valence-electron chi connectivity index (χ4n) is 2.17. The van der Waals surface area contributed by atoms with Crippen LogP contribution >= 0.6 is 23.1 Å². The highest BCUT2D eigenvalue weighted by Gasteiger charge is 2.11. The number of fused-ring (bicyclic) bond motifs is 1. The molecule has 6 nitrogen and oxygen atoms in total. The number of nitrogens with one attached hydrogen (secondary N) is 2. The molecule has 1 heterocycles. The third-order valence-electron chi connectivity index (χ3n) is 3.46. The SMILES string of the molecule is CCS(=O)(=O)Nc1ccc2nc(SCC(=O)Nc3cccc(F)c3)sc2c1. The summed E-state index contributed by atoms with van der Waals surface area (Å²) in [5.74, 6) is -0.552. The van der Waals surface area contributed by atoms with Gasteiger partial charge in [0.15, 0.2) is 4.34 Å². The molecule has 0 saturated carbocycles. The van der Waals surface area contributed by atoms with Gasteiger partial charge in [-0.3, -0.25) is 9.52 Å². The number of hydrogen-bond donors (Lipinski definition) is 2. The molecule has 0 aliphatic rings. The Morgan fingerprint density at radius 1 is 1.22 bits per heavy atom. The van der Waals surface area contributed by atoms with E-state index in [0.29, 0.717) is 15.7 Å². The predicted molar refractivity (Wildman–Crippen MR) is 108 cm³/mol. The zero-order valence-electron chi connectivity index (χ0n) is 14.2. The molecule has 0 radical (unpaired) electrons. The maximum Gasteiger partial charge on any atom is 0.234 e. The first-order valence-corrected chi connectivity index (χ1v) is 11.4. The van der Waals surface area contributed by atoms with Gasteiger partial charge in [0.25, 0.3) is 0 Å². The van der Waals surface area contributed by atoms with Gasteiger partial charge in [0, 0.05) is 5.69 Å². The van der Waals surface area contributed by atoms with Gasteiger partial charge in [-0.15, -0.1) is 11.3 Å². The highest BCUT2D eigenvalue weighted by atomic mass is 32.2. The molecule has 2 N–H and O–H groups in total. The van der Waals surface area contributed by atoms with Crippen LogP contribution in [0.25, 0.3) is 10.2 Å². The van der Waals surface area contributed by atoms with E-state index in [1.807, 2.05) is 0 Å². The second-order valence-electron chi connectivity index (χ2n) is 5.51. The van der Waals surface area contributed by atoms with E-state index in [2.05, 4.69) is 15.0 Å². The van der Waals surface area contributed by atoms with Crippen LogP contribution in [0.4, 0.5) is 15.8 Å². The van der Waals surface area contributed by atoms with Gasteiger partial charge in [-0.2, -0.15) is 0 Å². The number of anilines is 2. The molecule has 0 bridgehead atoms. The highest BCUT2D eigenvalue weighted by molar-refractivity contribution is 8.01. The average Bonchev–Trinajstić information content (AvgIpc) is 3.02. The highest BCUT2D eigenvalue weighted by Crippen LogP contribution is 2.31. The number of amides is 1. The number of benzene rings is 2. The van der Waals surface area contributed by atoms with Crippen LogP contribution in [-0.2, 0) is 14.8 Å². The van der Waals surface area contributed by atoms with Gasteiger partial charge < -0.3 is 5.32 Å². The van der Waals surface area contributed by atoms with Crippen molar-refractivity contribution >= 4 is 60.6 Å². The summed E-state index contributed by atoms with van der Waals surface area (Å²) in [6, 6.07) is 10.8. The summed E-state index contributed by atoms with van der Waals surface area (Å²) in [4.78, 5) is 16.4. The molecule has 0 unspecified atom stereocenters. The lowest BCUT2D eigenvalue weighted by Gasteiger charge is -2.04. The third-order valence-corrected chi connectivity index (χ3v) is 6.93. The fourth-order valence-corrected chi connectivity index (χ4v) is 4.71. The largest absolute Gasteiger partial charge is 0.325 e. The van der Waals surface area contributed by atoms with Crippen molar-refractivity contribution in [2.45, 2.75) is 11.3 Å². The van der Waals surface area contributed by atoms with Crippen molar-refractivity contribution in [3.05, 3.63) is 48.3 Å². The topological polar surface area (TPSA) is 88.2 Å². The Balaban J connectivity index is 1.64. The molecule has 10 heteroatoms. The molecule has 0 fully saturated rings. The summed E-state index contributed by atoms with van der Waals surface area (Å²) in [6.45, 7) is 1.57. The van der Waals surface area contributed by atoms with Crippen molar-refractivity contribution in [3.8, 4) is 0 Å². The van der Waals surface area contributed by atoms with Crippen LogP contribution in [0.15, 0.2) is 46.8 Å². The van der Waals surface area contributed by atoms with E-state index >= 15 is 0 Å². The van der Waals surface area contributed by atoms with Crippen LogP contribution in [0.3, 0.4) is 0 Å². The zero-order chi connectivity index (χ0) is 19.4. The van der Waals surface area contributed by atoms with Gasteiger partial charge in [-0.25, -0.2) is 17.8 Å². The lowest BCUT2D eigenvalue weighted by Crippen LogP contribution is -2.14. The number of hydrogen-bond acceptors (Lipinski definition) is 6. The third kappa shape index (κ3) is 5.41. The van der Waals surface area contributed by atoms with Crippen molar-refractivity contribution < 1.29 is 17.6 Å². The van der Waals surface area contributed by atoms with Crippen LogP contribution in [0.5, 0.6) is 0 Å². The Morgan fingerprint density at radius 2 is 2.04 bits per heavy atom. The van der Waals surface area contributed by atoms with Crippen LogP contribution < -0.4 is 10.0 Å². The van der Waals surface area contributed by atoms with Gasteiger partial charge >= 0.3 is 0 Å². The summed E-state index contributed by atoms with van der Waals surface area (Å²) in [5.41, 5.74) is 1.61. The molecule has 0 atom stereocenters. The maximum absolute atomic E-state index is 13.1. The van der Waals surface area contributed by atoms with Gasteiger partial charge in [0.2, 0.25) is 15.9 Å². The molecule has 27 heavy (non-hydrogen) atoms. The van der Waals surface area contributed by atoms with Crippen molar-refractivity contribution in [3.63, 3.8) is 0 Å². The summed E-state index contributed by atoms with van der Waals surface area (Å²) in [7, 11) is -3.34. The van der Waals surface area contributed by atoms with E-state index in [4.69, 9.17) is 0 Å². The lowest BCUT2D eigenvalue weighted by molar-refractivity contribution is -0.113. The number of carbonyl (C=O) groups is 1. The second-order valence-corrected chi connectivity index (χ2v) is 9.78. The van der Waals surface area contributed by atoms with Crippen LogP contribution in [0.1, 0.15) is 6.92 Å². The van der Waals surface area contributed by atoms with E-state index in [1.54, 1.807) is 31.2 Å². The molecule has 0 aliphatic heterocycles. The van der Waals surface area contributed by atoms with Crippen molar-refractivity contribution in [1.82, 2.24) is 4.98 Å². The molecule has 1 aromatic heterocycles. The van der Waals surface area contributed by atoms with Gasteiger partial charge in [0.05, 0.1) is 27.4 Å². The molecule has 1 amide bonds. The molecule has 2 aromatic carbocycles. The number of thiazole rings is 1. The Kier molecular flexibility index (Phi) is 5.98. The van der Waals surface area contributed by atoms with Crippen molar-refractivity contribution in [2.24, 2.45) is 0 Å². The molecular formula is C17H16FN3O3S3. The number of nitrogens with zero attached hydrogens (tertiary/aromatic N) is 1. The minimum Gasteiger partial charge on any atom is -0.325 e. The Morgan fingerprint density at radius 3 is 2.78 bits per heavy atom. The minimum absolute atomic E-state index is 0.00471. The van der Waals surface area contributed by atoms with Crippen LogP contribution in [-0.4, -0.2) is 30.8 Å². The van der Waals surface area contributed by atoms with Crippen LogP contribution in [0.2, 0.25) is 0 Å². The first-order chi connectivity index (χ1) is 12.8. The maximum atomic E-state index is 13.1.